The molecule has 1 aromatic rings. The number of rotatable bonds is 3. The Kier molecular flexibility index (Phi) is 5.10. The minimum atomic E-state index is -3.32. The van der Waals surface area contributed by atoms with Gasteiger partial charge in [-0.2, -0.15) is 0 Å². The Morgan fingerprint density at radius 3 is 2.63 bits per heavy atom. The smallest absolute Gasteiger partial charge is 0.239 e. The first-order chi connectivity index (χ1) is 8.81. The van der Waals surface area contributed by atoms with Crippen LogP contribution in [0.5, 0.6) is 0 Å². The fraction of sp³-hybridized carbons (Fsp3) is 0.308. The lowest BCUT2D eigenvalue weighted by atomic mass is 10.1. The van der Waals surface area contributed by atoms with Crippen molar-refractivity contribution in [1.82, 2.24) is 0 Å². The minimum Gasteiger partial charge on any atom is -0.325 e. The average molecular weight is 280 g/mol. The van der Waals surface area contributed by atoms with Crippen LogP contribution < -0.4 is 11.1 Å². The molecule has 0 unspecified atom stereocenters. The Balaban J connectivity index is 2.83. The van der Waals surface area contributed by atoms with Gasteiger partial charge in [0.05, 0.1) is 6.54 Å². The standard InChI is InChI=1S/C13H16N2O3S/c1-10-8-11(4-3-7-14)5-6-12(10)15-13(16)9-19(2,17)18/h5-6,8H,7,9,14H2,1-2H3,(H,15,16). The van der Waals surface area contributed by atoms with Crippen molar-refractivity contribution in [3.63, 3.8) is 0 Å². The quantitative estimate of drug-likeness (QED) is 0.779. The van der Waals surface area contributed by atoms with Gasteiger partial charge < -0.3 is 11.1 Å². The van der Waals surface area contributed by atoms with Crippen molar-refractivity contribution >= 4 is 21.4 Å². The highest BCUT2D eigenvalue weighted by Crippen LogP contribution is 2.16. The van der Waals surface area contributed by atoms with E-state index in [2.05, 4.69) is 17.2 Å². The van der Waals surface area contributed by atoms with Gasteiger partial charge >= 0.3 is 0 Å². The molecule has 0 heterocycles. The van der Waals surface area contributed by atoms with Crippen LogP contribution in [-0.2, 0) is 14.6 Å². The molecule has 1 rings (SSSR count). The van der Waals surface area contributed by atoms with Crippen molar-refractivity contribution in [2.75, 3.05) is 23.9 Å². The van der Waals surface area contributed by atoms with Gasteiger partial charge in [-0.3, -0.25) is 4.79 Å². The molecule has 1 amide bonds. The number of carbonyl (C=O) groups is 1. The number of sulfone groups is 1. The van der Waals surface area contributed by atoms with Crippen LogP contribution in [0.15, 0.2) is 18.2 Å². The third-order valence-electron chi connectivity index (χ3n) is 2.23. The summed E-state index contributed by atoms with van der Waals surface area (Å²) >= 11 is 0. The lowest BCUT2D eigenvalue weighted by molar-refractivity contribution is -0.113. The van der Waals surface area contributed by atoms with E-state index in [1.807, 2.05) is 6.92 Å². The summed E-state index contributed by atoms with van der Waals surface area (Å²) in [5.41, 5.74) is 7.46. The van der Waals surface area contributed by atoms with Crippen LogP contribution in [0.1, 0.15) is 11.1 Å². The molecular formula is C13H16N2O3S. The molecule has 3 N–H and O–H groups in total. The highest BCUT2D eigenvalue weighted by Gasteiger charge is 2.11. The summed E-state index contributed by atoms with van der Waals surface area (Å²) in [4.78, 5) is 11.5. The monoisotopic (exact) mass is 280 g/mol. The first kappa shape index (κ1) is 15.2. The van der Waals surface area contributed by atoms with Crippen molar-refractivity contribution in [2.24, 2.45) is 5.73 Å². The number of amides is 1. The van der Waals surface area contributed by atoms with E-state index in [0.29, 0.717) is 5.69 Å². The number of anilines is 1. The fourth-order valence-corrected chi connectivity index (χ4v) is 2.01. The molecule has 0 saturated heterocycles. The van der Waals surface area contributed by atoms with Crippen LogP contribution >= 0.6 is 0 Å². The summed E-state index contributed by atoms with van der Waals surface area (Å²) in [6.07, 6.45) is 1.02. The number of hydrogen-bond acceptors (Lipinski definition) is 4. The van der Waals surface area contributed by atoms with Crippen LogP contribution in [0.2, 0.25) is 0 Å². The Morgan fingerprint density at radius 1 is 1.42 bits per heavy atom. The highest BCUT2D eigenvalue weighted by atomic mass is 32.2. The van der Waals surface area contributed by atoms with Gasteiger partial charge in [0.2, 0.25) is 5.91 Å². The van der Waals surface area contributed by atoms with Crippen LogP contribution in [0.3, 0.4) is 0 Å². The van der Waals surface area contributed by atoms with Crippen molar-refractivity contribution < 1.29 is 13.2 Å². The van der Waals surface area contributed by atoms with Gasteiger partial charge in [-0.15, -0.1) is 0 Å². The van der Waals surface area contributed by atoms with Gasteiger partial charge in [-0.1, -0.05) is 11.8 Å². The zero-order valence-corrected chi connectivity index (χ0v) is 11.7. The molecule has 0 radical (unpaired) electrons. The molecular weight excluding hydrogens is 264 g/mol. The fourth-order valence-electron chi connectivity index (χ4n) is 1.46. The number of carbonyl (C=O) groups excluding carboxylic acids is 1. The van der Waals surface area contributed by atoms with Crippen LogP contribution in [-0.4, -0.2) is 32.9 Å². The van der Waals surface area contributed by atoms with Gasteiger partial charge in [0.25, 0.3) is 0 Å². The lowest BCUT2D eigenvalue weighted by Gasteiger charge is -2.08. The van der Waals surface area contributed by atoms with Crippen molar-refractivity contribution in [1.29, 1.82) is 0 Å². The molecule has 0 aromatic heterocycles. The number of nitrogens with one attached hydrogen (secondary N) is 1. The molecule has 0 aliphatic heterocycles. The van der Waals surface area contributed by atoms with E-state index in [9.17, 15) is 13.2 Å². The van der Waals surface area contributed by atoms with Crippen molar-refractivity contribution in [2.45, 2.75) is 6.92 Å². The van der Waals surface area contributed by atoms with E-state index >= 15 is 0 Å². The van der Waals surface area contributed by atoms with Crippen LogP contribution in [0.25, 0.3) is 0 Å². The maximum Gasteiger partial charge on any atom is 0.239 e. The van der Waals surface area contributed by atoms with Gasteiger partial charge in [0.1, 0.15) is 5.75 Å². The largest absolute Gasteiger partial charge is 0.325 e. The first-order valence-corrected chi connectivity index (χ1v) is 7.65. The van der Waals surface area contributed by atoms with Gasteiger partial charge in [0, 0.05) is 17.5 Å². The number of benzene rings is 1. The Labute approximate surface area is 113 Å². The highest BCUT2D eigenvalue weighted by molar-refractivity contribution is 7.91. The maximum atomic E-state index is 11.5. The molecule has 0 saturated carbocycles. The maximum absolute atomic E-state index is 11.5. The van der Waals surface area contributed by atoms with Crippen LogP contribution in [0, 0.1) is 18.8 Å². The minimum absolute atomic E-state index is 0.284. The molecule has 0 bridgehead atoms. The molecule has 1 aromatic carbocycles. The summed E-state index contributed by atoms with van der Waals surface area (Å²) in [6.45, 7) is 2.09. The molecule has 19 heavy (non-hydrogen) atoms. The SMILES string of the molecule is Cc1cc(C#CCN)ccc1NC(=O)CS(C)(=O)=O. The summed E-state index contributed by atoms with van der Waals surface area (Å²) < 4.78 is 22.0. The average Bonchev–Trinajstić information content (AvgIpc) is 2.27. The normalized spacial score (nSPS) is 10.5. The van der Waals surface area contributed by atoms with Gasteiger partial charge in [-0.25, -0.2) is 8.42 Å². The summed E-state index contributed by atoms with van der Waals surface area (Å²) in [5.74, 6) is 4.54. The third-order valence-corrected chi connectivity index (χ3v) is 3.02. The summed E-state index contributed by atoms with van der Waals surface area (Å²) in [6, 6.07) is 5.24. The topological polar surface area (TPSA) is 89.3 Å². The molecule has 0 aliphatic carbocycles. The lowest BCUT2D eigenvalue weighted by Crippen LogP contribution is -2.22. The molecule has 6 heteroatoms. The van der Waals surface area contributed by atoms with E-state index < -0.39 is 21.5 Å². The molecule has 102 valence electrons. The van der Waals surface area contributed by atoms with E-state index in [4.69, 9.17) is 5.73 Å². The number of hydrogen-bond donors (Lipinski definition) is 2. The van der Waals surface area contributed by atoms with Gasteiger partial charge in [-0.05, 0) is 30.7 Å². The second-order valence-electron chi connectivity index (χ2n) is 4.15. The van der Waals surface area contributed by atoms with E-state index in [0.717, 1.165) is 17.4 Å². The van der Waals surface area contributed by atoms with Crippen molar-refractivity contribution in [3.8, 4) is 11.8 Å². The zero-order chi connectivity index (χ0) is 14.5. The Bertz CT molecular complexity index is 640. The second kappa shape index (κ2) is 6.36. The molecule has 5 nitrogen and oxygen atoms in total. The molecule has 0 atom stereocenters. The molecule has 0 spiro atoms. The predicted octanol–water partition coefficient (Wildman–Crippen LogP) is 0.288. The Hall–Kier alpha value is -1.84. The summed E-state index contributed by atoms with van der Waals surface area (Å²) in [7, 11) is -3.32. The first-order valence-electron chi connectivity index (χ1n) is 5.59. The number of nitrogens with two attached hydrogens (primary N) is 1. The Morgan fingerprint density at radius 2 is 2.11 bits per heavy atom. The summed E-state index contributed by atoms with van der Waals surface area (Å²) in [5, 5.41) is 2.56. The van der Waals surface area contributed by atoms with Crippen LogP contribution in [0.4, 0.5) is 5.69 Å². The van der Waals surface area contributed by atoms with E-state index in [-0.39, 0.29) is 6.54 Å². The van der Waals surface area contributed by atoms with E-state index in [1.165, 1.54) is 0 Å². The predicted molar refractivity (Wildman–Crippen MR) is 75.5 cm³/mol. The second-order valence-corrected chi connectivity index (χ2v) is 6.29. The number of aryl methyl sites for hydroxylation is 1. The van der Waals surface area contributed by atoms with E-state index in [1.54, 1.807) is 18.2 Å². The van der Waals surface area contributed by atoms with Crippen molar-refractivity contribution in [3.05, 3.63) is 29.3 Å². The zero-order valence-electron chi connectivity index (χ0n) is 10.9. The van der Waals surface area contributed by atoms with Gasteiger partial charge in [0.15, 0.2) is 9.84 Å². The third kappa shape index (κ3) is 5.55. The molecule has 0 aliphatic rings. The molecule has 0 fully saturated rings.